The van der Waals surface area contributed by atoms with E-state index in [1.54, 1.807) is 0 Å². The van der Waals surface area contributed by atoms with Crippen LogP contribution in [0.3, 0.4) is 0 Å². The van der Waals surface area contributed by atoms with Gasteiger partial charge in [0.1, 0.15) is 5.75 Å². The zero-order chi connectivity index (χ0) is 13.3. The Hall–Kier alpha value is -2.25. The second-order valence-electron chi connectivity index (χ2n) is 3.53. The summed E-state index contributed by atoms with van der Waals surface area (Å²) in [6, 6.07) is 4.10. The van der Waals surface area contributed by atoms with Crippen molar-refractivity contribution >= 4 is 11.9 Å². The number of benzene rings is 1. The largest absolute Gasteiger partial charge is 0.573 e. The molecule has 0 saturated carbocycles. The SMILES string of the molecule is NC1=NC(c2cccc(OC(F)(F)F)c2)C(=O)N1. The summed E-state index contributed by atoms with van der Waals surface area (Å²) in [6.07, 6.45) is -4.78. The first-order chi connectivity index (χ1) is 8.35. The smallest absolute Gasteiger partial charge is 0.406 e. The van der Waals surface area contributed by atoms with E-state index in [0.717, 1.165) is 12.1 Å². The molecule has 1 amide bonds. The number of aliphatic imine (C=N–C) groups is 1. The van der Waals surface area contributed by atoms with Gasteiger partial charge in [-0.15, -0.1) is 13.2 Å². The number of carbonyl (C=O) groups is 1. The maximum Gasteiger partial charge on any atom is 0.573 e. The van der Waals surface area contributed by atoms with Gasteiger partial charge in [-0.1, -0.05) is 12.1 Å². The minimum Gasteiger partial charge on any atom is -0.406 e. The predicted molar refractivity (Wildman–Crippen MR) is 55.6 cm³/mol. The van der Waals surface area contributed by atoms with E-state index in [2.05, 4.69) is 15.0 Å². The first-order valence-corrected chi connectivity index (χ1v) is 4.85. The average molecular weight is 259 g/mol. The molecule has 0 radical (unpaired) electrons. The van der Waals surface area contributed by atoms with Crippen molar-refractivity contribution < 1.29 is 22.7 Å². The number of hydrogen-bond acceptors (Lipinski definition) is 4. The Bertz CT molecular complexity index is 513. The molecule has 3 N–H and O–H groups in total. The maximum absolute atomic E-state index is 12.0. The van der Waals surface area contributed by atoms with Gasteiger partial charge in [0.05, 0.1) is 0 Å². The third kappa shape index (κ3) is 2.70. The standard InChI is InChI=1S/C10H8F3N3O2/c11-10(12,13)18-6-3-1-2-5(4-6)7-8(17)16-9(14)15-7/h1-4,7H,(H3,14,15,16,17). The molecule has 2 rings (SSSR count). The Morgan fingerprint density at radius 3 is 2.67 bits per heavy atom. The highest BCUT2D eigenvalue weighted by molar-refractivity contribution is 6.04. The molecule has 0 spiro atoms. The number of rotatable bonds is 2. The van der Waals surface area contributed by atoms with Crippen LogP contribution in [0.5, 0.6) is 5.75 Å². The lowest BCUT2D eigenvalue weighted by atomic mass is 10.1. The van der Waals surface area contributed by atoms with E-state index in [1.807, 2.05) is 0 Å². The van der Waals surface area contributed by atoms with Crippen molar-refractivity contribution in [1.82, 2.24) is 5.32 Å². The molecule has 0 saturated heterocycles. The molecule has 1 unspecified atom stereocenters. The van der Waals surface area contributed by atoms with Crippen LogP contribution in [-0.2, 0) is 4.79 Å². The van der Waals surface area contributed by atoms with Gasteiger partial charge in [0, 0.05) is 0 Å². The number of hydrogen-bond donors (Lipinski definition) is 2. The van der Waals surface area contributed by atoms with E-state index in [1.165, 1.54) is 12.1 Å². The number of nitrogens with one attached hydrogen (secondary N) is 1. The molecular formula is C10H8F3N3O2. The summed E-state index contributed by atoms with van der Waals surface area (Å²) in [5, 5.41) is 2.26. The highest BCUT2D eigenvalue weighted by Crippen LogP contribution is 2.27. The second kappa shape index (κ2) is 4.21. The third-order valence-electron chi connectivity index (χ3n) is 2.18. The first-order valence-electron chi connectivity index (χ1n) is 4.85. The average Bonchev–Trinajstić information content (AvgIpc) is 2.55. The van der Waals surface area contributed by atoms with Crippen molar-refractivity contribution in [3.8, 4) is 5.75 Å². The second-order valence-corrected chi connectivity index (χ2v) is 3.53. The van der Waals surface area contributed by atoms with Gasteiger partial charge in [-0.25, -0.2) is 4.99 Å². The molecule has 5 nitrogen and oxygen atoms in total. The van der Waals surface area contributed by atoms with Gasteiger partial charge >= 0.3 is 6.36 Å². The predicted octanol–water partition coefficient (Wildman–Crippen LogP) is 1.07. The van der Waals surface area contributed by atoms with E-state index in [0.29, 0.717) is 0 Å². The Labute approximate surface area is 99.4 Å². The van der Waals surface area contributed by atoms with Gasteiger partial charge in [0.15, 0.2) is 12.0 Å². The molecule has 1 aliphatic heterocycles. The number of carbonyl (C=O) groups excluding carboxylic acids is 1. The summed E-state index contributed by atoms with van der Waals surface area (Å²) >= 11 is 0. The normalized spacial score (nSPS) is 19.4. The van der Waals surface area contributed by atoms with Gasteiger partial charge in [-0.2, -0.15) is 0 Å². The lowest BCUT2D eigenvalue weighted by Gasteiger charge is -2.11. The van der Waals surface area contributed by atoms with Crippen LogP contribution in [-0.4, -0.2) is 18.2 Å². The quantitative estimate of drug-likeness (QED) is 0.834. The van der Waals surface area contributed by atoms with Crippen LogP contribution in [0.4, 0.5) is 13.2 Å². The number of alkyl halides is 3. The van der Waals surface area contributed by atoms with E-state index in [-0.39, 0.29) is 11.5 Å². The fourth-order valence-electron chi connectivity index (χ4n) is 1.53. The number of nitrogens with two attached hydrogens (primary N) is 1. The van der Waals surface area contributed by atoms with Crippen LogP contribution in [0.2, 0.25) is 0 Å². The first kappa shape index (κ1) is 12.2. The van der Waals surface area contributed by atoms with Crippen molar-refractivity contribution in [1.29, 1.82) is 0 Å². The summed E-state index contributed by atoms with van der Waals surface area (Å²) < 4.78 is 39.9. The summed E-state index contributed by atoms with van der Waals surface area (Å²) in [5.74, 6) is -0.961. The van der Waals surface area contributed by atoms with Gasteiger partial charge in [-0.05, 0) is 17.7 Å². The maximum atomic E-state index is 12.0. The monoisotopic (exact) mass is 259 g/mol. The number of nitrogens with zero attached hydrogens (tertiary/aromatic N) is 1. The third-order valence-corrected chi connectivity index (χ3v) is 2.18. The molecule has 0 aromatic heterocycles. The highest BCUT2D eigenvalue weighted by atomic mass is 19.4. The van der Waals surface area contributed by atoms with Gasteiger partial charge < -0.3 is 10.5 Å². The van der Waals surface area contributed by atoms with Gasteiger partial charge in [0.2, 0.25) is 0 Å². The van der Waals surface area contributed by atoms with Crippen LogP contribution < -0.4 is 15.8 Å². The van der Waals surface area contributed by atoms with Crippen LogP contribution in [0.15, 0.2) is 29.3 Å². The molecule has 18 heavy (non-hydrogen) atoms. The zero-order valence-corrected chi connectivity index (χ0v) is 8.86. The molecule has 0 bridgehead atoms. The van der Waals surface area contributed by atoms with Gasteiger partial charge in [-0.3, -0.25) is 10.1 Å². The molecule has 1 aromatic carbocycles. The highest BCUT2D eigenvalue weighted by Gasteiger charge is 2.32. The van der Waals surface area contributed by atoms with Crippen LogP contribution in [0.25, 0.3) is 0 Å². The lowest BCUT2D eigenvalue weighted by Crippen LogP contribution is -2.31. The summed E-state index contributed by atoms with van der Waals surface area (Å²) in [7, 11) is 0. The molecular weight excluding hydrogens is 251 g/mol. The van der Waals surface area contributed by atoms with Crippen molar-refractivity contribution in [2.24, 2.45) is 10.7 Å². The van der Waals surface area contributed by atoms with Crippen molar-refractivity contribution in [3.05, 3.63) is 29.8 Å². The number of guanidine groups is 1. The molecule has 1 heterocycles. The van der Waals surface area contributed by atoms with Crippen LogP contribution >= 0.6 is 0 Å². The molecule has 1 aromatic rings. The van der Waals surface area contributed by atoms with Crippen molar-refractivity contribution in [3.63, 3.8) is 0 Å². The Morgan fingerprint density at radius 2 is 2.11 bits per heavy atom. The van der Waals surface area contributed by atoms with E-state index in [4.69, 9.17) is 5.73 Å². The number of halogens is 3. The molecule has 96 valence electrons. The summed E-state index contributed by atoms with van der Waals surface area (Å²) in [6.45, 7) is 0. The lowest BCUT2D eigenvalue weighted by molar-refractivity contribution is -0.274. The van der Waals surface area contributed by atoms with Gasteiger partial charge in [0.25, 0.3) is 5.91 Å². The van der Waals surface area contributed by atoms with Crippen LogP contribution in [0, 0.1) is 0 Å². The minimum absolute atomic E-state index is 0.0628. The van der Waals surface area contributed by atoms with E-state index < -0.39 is 24.1 Å². The number of amides is 1. The van der Waals surface area contributed by atoms with Crippen molar-refractivity contribution in [2.75, 3.05) is 0 Å². The Kier molecular flexibility index (Phi) is 2.85. The van der Waals surface area contributed by atoms with E-state index >= 15 is 0 Å². The summed E-state index contributed by atoms with van der Waals surface area (Å²) in [4.78, 5) is 15.2. The number of ether oxygens (including phenoxy) is 1. The summed E-state index contributed by atoms with van der Waals surface area (Å²) in [5.41, 5.74) is 5.57. The molecule has 0 fully saturated rings. The fraction of sp³-hybridized carbons (Fsp3) is 0.200. The van der Waals surface area contributed by atoms with Crippen LogP contribution in [0.1, 0.15) is 11.6 Å². The molecule has 8 heteroatoms. The topological polar surface area (TPSA) is 76.7 Å². The van der Waals surface area contributed by atoms with Crippen molar-refractivity contribution in [2.45, 2.75) is 12.4 Å². The van der Waals surface area contributed by atoms with E-state index in [9.17, 15) is 18.0 Å². The fourth-order valence-corrected chi connectivity index (χ4v) is 1.53. The Balaban J connectivity index is 2.25. The zero-order valence-electron chi connectivity index (χ0n) is 8.86. The molecule has 1 atom stereocenters. The Morgan fingerprint density at radius 1 is 1.39 bits per heavy atom. The molecule has 0 aliphatic carbocycles. The molecule has 1 aliphatic rings. The minimum atomic E-state index is -4.78.